The number of carboxylic acid groups (broad SMARTS) is 1. The number of thiophene rings is 1. The third kappa shape index (κ3) is 2.35. The summed E-state index contributed by atoms with van der Waals surface area (Å²) in [6, 6.07) is 3.60. The van der Waals surface area contributed by atoms with Crippen LogP contribution in [-0.4, -0.2) is 21.0 Å². The molecule has 0 saturated heterocycles. The Labute approximate surface area is 123 Å². The van der Waals surface area contributed by atoms with Crippen molar-refractivity contribution in [3.8, 4) is 21.1 Å². The lowest BCUT2D eigenvalue weighted by molar-refractivity contribution is 0.0697. The van der Waals surface area contributed by atoms with E-state index in [4.69, 9.17) is 5.11 Å². The molecule has 0 saturated carbocycles. The molecule has 4 nitrogen and oxygen atoms in total. The van der Waals surface area contributed by atoms with E-state index in [1.807, 2.05) is 24.6 Å². The maximum Gasteiger partial charge on any atom is 0.336 e. The highest BCUT2D eigenvalue weighted by Gasteiger charge is 2.12. The van der Waals surface area contributed by atoms with Crippen molar-refractivity contribution in [2.24, 2.45) is 0 Å². The Morgan fingerprint density at radius 1 is 1.30 bits per heavy atom. The number of carboxylic acids is 1. The topological polar surface area (TPSA) is 63.1 Å². The highest BCUT2D eigenvalue weighted by atomic mass is 32.1. The summed E-state index contributed by atoms with van der Waals surface area (Å²) >= 11 is 2.94. The predicted molar refractivity (Wildman–Crippen MR) is 80.4 cm³/mol. The van der Waals surface area contributed by atoms with Crippen LogP contribution in [0.15, 0.2) is 35.3 Å². The van der Waals surface area contributed by atoms with Crippen LogP contribution >= 0.6 is 22.7 Å². The maximum absolute atomic E-state index is 10.9. The van der Waals surface area contributed by atoms with Crippen molar-refractivity contribution < 1.29 is 9.90 Å². The average Bonchev–Trinajstić information content (AvgIpc) is 3.08. The number of thiazole rings is 1. The minimum Gasteiger partial charge on any atom is -0.478 e. The minimum atomic E-state index is -0.909. The van der Waals surface area contributed by atoms with Gasteiger partial charge in [-0.1, -0.05) is 0 Å². The molecule has 100 valence electrons. The number of aromatic nitrogens is 2. The first kappa shape index (κ1) is 13.0. The molecule has 6 heteroatoms. The molecule has 0 radical (unpaired) electrons. The summed E-state index contributed by atoms with van der Waals surface area (Å²) in [6.07, 6.45) is 3.56. The summed E-state index contributed by atoms with van der Waals surface area (Å²) in [7, 11) is 0. The Hall–Kier alpha value is -2.05. The van der Waals surface area contributed by atoms with Gasteiger partial charge in [0.1, 0.15) is 5.01 Å². The molecule has 3 aromatic heterocycles. The number of aromatic carboxylic acids is 1. The minimum absolute atomic E-state index is 0.305. The molecule has 3 rings (SSSR count). The van der Waals surface area contributed by atoms with E-state index in [0.29, 0.717) is 5.56 Å². The zero-order chi connectivity index (χ0) is 14.1. The lowest BCUT2D eigenvalue weighted by atomic mass is 10.2. The largest absolute Gasteiger partial charge is 0.478 e. The van der Waals surface area contributed by atoms with Gasteiger partial charge in [0, 0.05) is 28.7 Å². The summed E-state index contributed by atoms with van der Waals surface area (Å²) in [4.78, 5) is 20.4. The Balaban J connectivity index is 1.98. The van der Waals surface area contributed by atoms with Gasteiger partial charge >= 0.3 is 5.97 Å². The van der Waals surface area contributed by atoms with Crippen molar-refractivity contribution in [3.05, 3.63) is 46.4 Å². The Morgan fingerprint density at radius 3 is 2.85 bits per heavy atom. The smallest absolute Gasteiger partial charge is 0.336 e. The van der Waals surface area contributed by atoms with Gasteiger partial charge in [0.2, 0.25) is 0 Å². The second-order valence-corrected chi connectivity index (χ2v) is 6.00. The Morgan fingerprint density at radius 2 is 2.15 bits per heavy atom. The number of rotatable bonds is 3. The van der Waals surface area contributed by atoms with Gasteiger partial charge in [-0.05, 0) is 24.6 Å². The zero-order valence-corrected chi connectivity index (χ0v) is 12.2. The van der Waals surface area contributed by atoms with Crippen LogP contribution in [0.2, 0.25) is 0 Å². The van der Waals surface area contributed by atoms with E-state index < -0.39 is 5.97 Å². The molecule has 0 aliphatic carbocycles. The van der Waals surface area contributed by atoms with Crippen LogP contribution in [0.3, 0.4) is 0 Å². The van der Waals surface area contributed by atoms with Crippen molar-refractivity contribution >= 4 is 28.6 Å². The molecule has 0 unspecified atom stereocenters. The molecule has 0 aliphatic rings. The van der Waals surface area contributed by atoms with Crippen molar-refractivity contribution in [2.45, 2.75) is 6.92 Å². The summed E-state index contributed by atoms with van der Waals surface area (Å²) in [5, 5.41) is 13.5. The van der Waals surface area contributed by atoms with Gasteiger partial charge < -0.3 is 5.11 Å². The average molecular weight is 302 g/mol. The number of pyridine rings is 1. The lowest BCUT2D eigenvalue weighted by Crippen LogP contribution is -1.91. The van der Waals surface area contributed by atoms with Crippen LogP contribution in [-0.2, 0) is 0 Å². The van der Waals surface area contributed by atoms with Gasteiger partial charge in [-0.15, -0.1) is 22.7 Å². The molecule has 0 aliphatic heterocycles. The highest BCUT2D eigenvalue weighted by Crippen LogP contribution is 2.33. The van der Waals surface area contributed by atoms with E-state index in [1.165, 1.54) is 11.3 Å². The van der Waals surface area contributed by atoms with Crippen LogP contribution in [0.5, 0.6) is 0 Å². The van der Waals surface area contributed by atoms with Crippen LogP contribution in [0.4, 0.5) is 0 Å². The third-order valence-corrected chi connectivity index (χ3v) is 4.68. The first-order valence-electron chi connectivity index (χ1n) is 5.84. The summed E-state index contributed by atoms with van der Waals surface area (Å²) in [6.45, 7) is 2.00. The molecule has 0 aromatic carbocycles. The van der Waals surface area contributed by atoms with Gasteiger partial charge in [-0.25, -0.2) is 9.78 Å². The molecule has 0 spiro atoms. The van der Waals surface area contributed by atoms with E-state index in [1.54, 1.807) is 29.0 Å². The highest BCUT2D eigenvalue weighted by molar-refractivity contribution is 7.15. The zero-order valence-electron chi connectivity index (χ0n) is 10.5. The molecule has 0 bridgehead atoms. The molecule has 0 atom stereocenters. The number of aryl methyl sites for hydroxylation is 1. The van der Waals surface area contributed by atoms with E-state index in [2.05, 4.69) is 9.97 Å². The third-order valence-electron chi connectivity index (χ3n) is 2.85. The van der Waals surface area contributed by atoms with Crippen molar-refractivity contribution in [1.29, 1.82) is 0 Å². The molecule has 0 fully saturated rings. The van der Waals surface area contributed by atoms with Crippen LogP contribution in [0.25, 0.3) is 21.1 Å². The lowest BCUT2D eigenvalue weighted by Gasteiger charge is -1.99. The van der Waals surface area contributed by atoms with Crippen LogP contribution in [0, 0.1) is 6.92 Å². The fraction of sp³-hybridized carbons (Fsp3) is 0.0714. The van der Waals surface area contributed by atoms with Crippen LogP contribution in [0.1, 0.15) is 15.9 Å². The molecular weight excluding hydrogens is 292 g/mol. The van der Waals surface area contributed by atoms with Gasteiger partial charge in [0.15, 0.2) is 0 Å². The number of carbonyl (C=O) groups is 1. The number of hydrogen-bond acceptors (Lipinski definition) is 5. The van der Waals surface area contributed by atoms with E-state index in [-0.39, 0.29) is 0 Å². The summed E-state index contributed by atoms with van der Waals surface area (Å²) in [5.74, 6) is -0.909. The van der Waals surface area contributed by atoms with Gasteiger partial charge in [0.05, 0.1) is 16.1 Å². The first-order valence-corrected chi connectivity index (χ1v) is 7.60. The fourth-order valence-corrected chi connectivity index (χ4v) is 3.63. The molecule has 3 aromatic rings. The number of nitrogens with zero attached hydrogens (tertiary/aromatic N) is 2. The van der Waals surface area contributed by atoms with Gasteiger partial charge in [0.25, 0.3) is 0 Å². The molecule has 1 N–H and O–H groups in total. The monoisotopic (exact) mass is 302 g/mol. The summed E-state index contributed by atoms with van der Waals surface area (Å²) < 4.78 is 0. The second-order valence-electron chi connectivity index (χ2n) is 4.23. The first-order chi connectivity index (χ1) is 9.65. The van der Waals surface area contributed by atoms with Gasteiger partial charge in [-0.3, -0.25) is 4.98 Å². The molecular formula is C14H10N2O2S2. The van der Waals surface area contributed by atoms with Crippen molar-refractivity contribution in [1.82, 2.24) is 9.97 Å². The quantitative estimate of drug-likeness (QED) is 0.796. The predicted octanol–water partition coefficient (Wildman–Crippen LogP) is 3.94. The van der Waals surface area contributed by atoms with E-state index >= 15 is 0 Å². The van der Waals surface area contributed by atoms with E-state index in [9.17, 15) is 4.79 Å². The van der Waals surface area contributed by atoms with Gasteiger partial charge in [-0.2, -0.15) is 0 Å². The maximum atomic E-state index is 10.9. The standard InChI is InChI=1S/C14H10N2O2S2/c1-8-5-15-3-2-10(8)13-16-11(7-20-13)12-4-9(6-19-12)14(17)18/h2-7H,1H3,(H,17,18). The van der Waals surface area contributed by atoms with Crippen molar-refractivity contribution in [3.63, 3.8) is 0 Å². The Kier molecular flexibility index (Phi) is 3.33. The summed E-state index contributed by atoms with van der Waals surface area (Å²) in [5.41, 5.74) is 3.26. The SMILES string of the molecule is Cc1cnccc1-c1nc(-c2cc(C(=O)O)cs2)cs1. The van der Waals surface area contributed by atoms with Crippen molar-refractivity contribution in [2.75, 3.05) is 0 Å². The Bertz CT molecular complexity index is 777. The molecule has 3 heterocycles. The fourth-order valence-electron chi connectivity index (χ4n) is 1.81. The molecule has 0 amide bonds. The second kappa shape index (κ2) is 5.15. The normalized spacial score (nSPS) is 10.7. The van der Waals surface area contributed by atoms with E-state index in [0.717, 1.165) is 26.7 Å². The molecule has 20 heavy (non-hydrogen) atoms. The number of hydrogen-bond donors (Lipinski definition) is 1. The van der Waals surface area contributed by atoms with Crippen LogP contribution < -0.4 is 0 Å².